The number of hydrogen-bond acceptors (Lipinski definition) is 10. The van der Waals surface area contributed by atoms with Crippen LogP contribution in [0.5, 0.6) is 0 Å². The Hall–Kier alpha value is -1.57. The van der Waals surface area contributed by atoms with Gasteiger partial charge < -0.3 is 50.2 Å². The highest BCUT2D eigenvalue weighted by atomic mass is 16.7. The van der Waals surface area contributed by atoms with Crippen LogP contribution in [0.2, 0.25) is 0 Å². The zero-order valence-electron chi connectivity index (χ0n) is 20.7. The first-order valence-corrected chi connectivity index (χ1v) is 12.5. The number of aromatic nitrogens is 1. The Bertz CT molecular complexity index is 1150. The maximum absolute atomic E-state index is 13.2. The molecule has 1 spiro atoms. The van der Waals surface area contributed by atoms with Crippen molar-refractivity contribution in [3.05, 3.63) is 24.0 Å². The molecule has 11 nitrogen and oxygen atoms in total. The lowest BCUT2D eigenvalue weighted by atomic mass is 9.52. The van der Waals surface area contributed by atoms with E-state index in [1.807, 2.05) is 0 Å². The zero-order chi connectivity index (χ0) is 26.5. The Balaban J connectivity index is 1.69. The molecule has 36 heavy (non-hydrogen) atoms. The molecule has 0 radical (unpaired) electrons. The standard InChI is InChI=1S/C25H35NO10/c1-12-7-8-20(30)18(3)11-21(31)19(4)22(32,13(2)10-27)17(35-16(29)14-6-5-9-26-14)23(18,33)25(19,34)24(20,36-21)15(12)28/h5-6,9,12-13,15,17,26-28,30-34H,7-8,10-11H2,1-4H3/t12-,13+,15+,17+,18-,19-,20-,21-,22+,23+,24+,25+/m0/s1. The van der Waals surface area contributed by atoms with Crippen molar-refractivity contribution >= 4 is 5.97 Å². The molecule has 7 rings (SSSR count). The summed E-state index contributed by atoms with van der Waals surface area (Å²) < 4.78 is 12.0. The van der Waals surface area contributed by atoms with Crippen LogP contribution in [-0.2, 0) is 9.47 Å². The number of ether oxygens (including phenoxy) is 2. The quantitative estimate of drug-likeness (QED) is 0.228. The van der Waals surface area contributed by atoms with Gasteiger partial charge in [0.2, 0.25) is 0 Å². The summed E-state index contributed by atoms with van der Waals surface area (Å²) >= 11 is 0. The first kappa shape index (κ1) is 24.7. The minimum absolute atomic E-state index is 0.0109. The van der Waals surface area contributed by atoms with Crippen molar-refractivity contribution < 1.29 is 50.0 Å². The molecule has 6 bridgehead atoms. The Kier molecular flexibility index (Phi) is 4.36. The van der Waals surface area contributed by atoms with Crippen LogP contribution in [0.4, 0.5) is 0 Å². The zero-order valence-corrected chi connectivity index (χ0v) is 20.7. The number of aromatic amines is 1. The predicted octanol–water partition coefficient (Wildman–Crippen LogP) is -1.22. The van der Waals surface area contributed by atoms with E-state index in [-0.39, 0.29) is 12.1 Å². The molecular weight excluding hydrogens is 474 g/mol. The van der Waals surface area contributed by atoms with Crippen molar-refractivity contribution in [1.82, 2.24) is 4.98 Å². The molecule has 3 heterocycles. The van der Waals surface area contributed by atoms with Gasteiger partial charge in [-0.15, -0.1) is 0 Å². The maximum atomic E-state index is 13.2. The van der Waals surface area contributed by atoms with Gasteiger partial charge in [0, 0.05) is 30.6 Å². The Morgan fingerprint density at radius 1 is 1.25 bits per heavy atom. The molecule has 11 heteroatoms. The molecule has 1 aromatic rings. The van der Waals surface area contributed by atoms with E-state index in [4.69, 9.17) is 9.47 Å². The summed E-state index contributed by atoms with van der Waals surface area (Å²) in [4.78, 5) is 15.9. The third-order valence-corrected chi connectivity index (χ3v) is 11.5. The average Bonchev–Trinajstić information content (AvgIpc) is 3.45. The van der Waals surface area contributed by atoms with Crippen LogP contribution in [0.25, 0.3) is 0 Å². The lowest BCUT2D eigenvalue weighted by molar-refractivity contribution is -0.390. The Morgan fingerprint density at radius 2 is 1.92 bits per heavy atom. The molecule has 0 unspecified atom stereocenters. The van der Waals surface area contributed by atoms with Gasteiger partial charge in [-0.05, 0) is 37.8 Å². The highest BCUT2D eigenvalue weighted by molar-refractivity contribution is 5.87. The number of carbonyl (C=O) groups is 1. The fourth-order valence-electron chi connectivity index (χ4n) is 9.57. The molecule has 0 amide bonds. The summed E-state index contributed by atoms with van der Waals surface area (Å²) in [5.74, 6) is -4.97. The van der Waals surface area contributed by atoms with E-state index in [1.54, 1.807) is 13.0 Å². The SMILES string of the molecule is C[C@H](CO)[C@@]1(O)[C@@H](OC(=O)c2ccc[nH]2)[C@@]2(O)[C@@]3(C)C[C@]4(O)O[C@@]5([C@H](O)[C@@H](C)CC[C@]35O)[C@@]2(O)[C@]14C. The molecule has 0 aromatic carbocycles. The topological polar surface area (TPSA) is 193 Å². The van der Waals surface area contributed by atoms with Crippen molar-refractivity contribution in [1.29, 1.82) is 0 Å². The van der Waals surface area contributed by atoms with Gasteiger partial charge >= 0.3 is 5.97 Å². The van der Waals surface area contributed by atoms with Gasteiger partial charge in [-0.1, -0.05) is 20.8 Å². The largest absolute Gasteiger partial charge is 0.451 e. The van der Waals surface area contributed by atoms with E-state index in [1.165, 1.54) is 33.0 Å². The molecule has 1 aromatic heterocycles. The van der Waals surface area contributed by atoms with E-state index >= 15 is 0 Å². The van der Waals surface area contributed by atoms with Crippen molar-refractivity contribution in [2.75, 3.05) is 6.61 Å². The van der Waals surface area contributed by atoms with E-state index in [2.05, 4.69) is 4.98 Å². The summed E-state index contributed by atoms with van der Waals surface area (Å²) in [6.45, 7) is 5.25. The molecule has 6 fully saturated rings. The molecule has 4 aliphatic carbocycles. The van der Waals surface area contributed by atoms with E-state index in [0.717, 1.165) is 0 Å². The third-order valence-electron chi connectivity index (χ3n) is 11.5. The lowest BCUT2D eigenvalue weighted by Crippen LogP contribution is -2.75. The van der Waals surface area contributed by atoms with Crippen LogP contribution in [0.3, 0.4) is 0 Å². The minimum atomic E-state index is -2.70. The molecule has 2 aliphatic heterocycles. The summed E-state index contributed by atoms with van der Waals surface area (Å²) in [5.41, 5.74) is -16.1. The van der Waals surface area contributed by atoms with Gasteiger partial charge in [-0.3, -0.25) is 0 Å². The predicted molar refractivity (Wildman–Crippen MR) is 120 cm³/mol. The van der Waals surface area contributed by atoms with Crippen molar-refractivity contribution in [3.63, 3.8) is 0 Å². The van der Waals surface area contributed by atoms with Gasteiger partial charge in [0.15, 0.2) is 17.5 Å². The van der Waals surface area contributed by atoms with Gasteiger partial charge in [0.25, 0.3) is 0 Å². The first-order chi connectivity index (χ1) is 16.6. The molecule has 8 N–H and O–H groups in total. The second-order valence-corrected chi connectivity index (χ2v) is 12.3. The third kappa shape index (κ3) is 1.80. The fourth-order valence-corrected chi connectivity index (χ4v) is 9.57. The van der Waals surface area contributed by atoms with Crippen LogP contribution in [0, 0.1) is 22.7 Å². The molecule has 12 atom stereocenters. The van der Waals surface area contributed by atoms with Crippen LogP contribution in [0.15, 0.2) is 18.3 Å². The summed E-state index contributed by atoms with van der Waals surface area (Å²) in [6.07, 6.45) is -2.05. The summed E-state index contributed by atoms with van der Waals surface area (Å²) in [5, 5.41) is 84.2. The first-order valence-electron chi connectivity index (χ1n) is 12.5. The average molecular weight is 510 g/mol. The molecule has 2 saturated heterocycles. The molecule has 6 aliphatic rings. The van der Waals surface area contributed by atoms with Gasteiger partial charge in [-0.25, -0.2) is 4.79 Å². The monoisotopic (exact) mass is 509 g/mol. The maximum Gasteiger partial charge on any atom is 0.355 e. The van der Waals surface area contributed by atoms with Crippen molar-refractivity contribution in [2.45, 2.75) is 93.0 Å². The number of H-pyrrole nitrogens is 1. The number of esters is 1. The number of aliphatic hydroxyl groups excluding tert-OH is 2. The van der Waals surface area contributed by atoms with Crippen molar-refractivity contribution in [2.24, 2.45) is 22.7 Å². The highest BCUT2D eigenvalue weighted by Gasteiger charge is 3.10. The number of aliphatic hydroxyl groups is 7. The number of carbonyl (C=O) groups excluding carboxylic acids is 1. The second kappa shape index (κ2) is 6.35. The van der Waals surface area contributed by atoms with Crippen LogP contribution >= 0.6 is 0 Å². The summed E-state index contributed by atoms with van der Waals surface area (Å²) in [6, 6.07) is 2.99. The number of rotatable bonds is 4. The minimum Gasteiger partial charge on any atom is -0.451 e. The molecule has 200 valence electrons. The Labute approximate surface area is 207 Å². The fraction of sp³-hybridized carbons (Fsp3) is 0.800. The number of nitrogens with one attached hydrogen (secondary N) is 1. The van der Waals surface area contributed by atoms with Crippen LogP contribution in [-0.4, -0.2) is 99.3 Å². The van der Waals surface area contributed by atoms with Gasteiger partial charge in [0.1, 0.15) is 28.1 Å². The summed E-state index contributed by atoms with van der Waals surface area (Å²) in [7, 11) is 0. The van der Waals surface area contributed by atoms with E-state index < -0.39 is 87.7 Å². The Morgan fingerprint density at radius 3 is 2.50 bits per heavy atom. The molecule has 4 saturated carbocycles. The smallest absolute Gasteiger partial charge is 0.355 e. The highest BCUT2D eigenvalue weighted by Crippen LogP contribution is 2.90. The van der Waals surface area contributed by atoms with Crippen LogP contribution in [0.1, 0.15) is 57.4 Å². The van der Waals surface area contributed by atoms with E-state index in [0.29, 0.717) is 6.42 Å². The van der Waals surface area contributed by atoms with Gasteiger partial charge in [0.05, 0.1) is 11.5 Å². The van der Waals surface area contributed by atoms with Gasteiger partial charge in [-0.2, -0.15) is 0 Å². The van der Waals surface area contributed by atoms with Crippen LogP contribution < -0.4 is 0 Å². The van der Waals surface area contributed by atoms with E-state index in [9.17, 15) is 40.5 Å². The number of hydrogen-bond donors (Lipinski definition) is 8. The normalized spacial score (nSPS) is 59.2. The lowest BCUT2D eigenvalue weighted by Gasteiger charge is -2.60. The van der Waals surface area contributed by atoms with Crippen molar-refractivity contribution in [3.8, 4) is 0 Å². The second-order valence-electron chi connectivity index (χ2n) is 12.3. The molecular formula is C25H35NO10.